The molecule has 1 aromatic heterocycles. The molecule has 0 saturated carbocycles. The molecule has 0 bridgehead atoms. The minimum Gasteiger partial charge on any atom is -0.381 e. The van der Waals surface area contributed by atoms with Crippen molar-refractivity contribution < 1.29 is 4.74 Å². The molecule has 2 aliphatic heterocycles. The Morgan fingerprint density at radius 3 is 2.96 bits per heavy atom. The fourth-order valence-electron chi connectivity index (χ4n) is 3.48. The Morgan fingerprint density at radius 2 is 2.28 bits per heavy atom. The predicted octanol–water partition coefficient (Wildman–Crippen LogP) is 2.34. The topological polar surface area (TPSA) is 53.0 Å². The third-order valence-electron chi connectivity index (χ3n) is 4.94. The average molecular weight is 459 g/mol. The van der Waals surface area contributed by atoms with Gasteiger partial charge in [-0.1, -0.05) is 0 Å². The summed E-state index contributed by atoms with van der Waals surface area (Å²) < 4.78 is 5.64. The molecule has 1 unspecified atom stereocenters. The molecule has 140 valence electrons. The molecule has 6 nitrogen and oxygen atoms in total. The molecule has 3 heterocycles. The molecule has 0 aliphatic carbocycles. The van der Waals surface area contributed by atoms with Crippen LogP contribution in [0.4, 0.5) is 5.82 Å². The summed E-state index contributed by atoms with van der Waals surface area (Å²) in [6.07, 6.45) is 4.24. The van der Waals surface area contributed by atoms with E-state index in [0.717, 1.165) is 44.6 Å². The van der Waals surface area contributed by atoms with Crippen LogP contribution < -0.4 is 10.2 Å². The molecule has 0 aromatic carbocycles. The van der Waals surface area contributed by atoms with E-state index < -0.39 is 0 Å². The van der Waals surface area contributed by atoms with E-state index >= 15 is 0 Å². The van der Waals surface area contributed by atoms with Gasteiger partial charge in [0.05, 0.1) is 13.2 Å². The Balaban J connectivity index is 0.00000225. The highest BCUT2D eigenvalue weighted by molar-refractivity contribution is 14.0. The second kappa shape index (κ2) is 9.02. The Kier molecular flexibility index (Phi) is 7.30. The Morgan fingerprint density at radius 1 is 1.44 bits per heavy atom. The molecule has 2 saturated heterocycles. The quantitative estimate of drug-likeness (QED) is 0.426. The van der Waals surface area contributed by atoms with Crippen molar-refractivity contribution in [1.82, 2.24) is 15.2 Å². The lowest BCUT2D eigenvalue weighted by Crippen LogP contribution is -2.41. The maximum absolute atomic E-state index is 5.64. The van der Waals surface area contributed by atoms with Gasteiger partial charge in [-0.15, -0.1) is 24.0 Å². The van der Waals surface area contributed by atoms with Gasteiger partial charge in [0, 0.05) is 51.9 Å². The monoisotopic (exact) mass is 459 g/mol. The van der Waals surface area contributed by atoms with Crippen LogP contribution in [0.2, 0.25) is 0 Å². The van der Waals surface area contributed by atoms with Gasteiger partial charge in [-0.2, -0.15) is 0 Å². The van der Waals surface area contributed by atoms with E-state index in [-0.39, 0.29) is 24.0 Å². The zero-order valence-corrected chi connectivity index (χ0v) is 17.8. The number of pyridine rings is 1. The Hall–Kier alpha value is -1.09. The first-order valence-corrected chi connectivity index (χ1v) is 8.85. The van der Waals surface area contributed by atoms with Crippen LogP contribution in [0.5, 0.6) is 0 Å². The second-order valence-electron chi connectivity index (χ2n) is 7.06. The minimum absolute atomic E-state index is 0. The maximum atomic E-state index is 5.64. The van der Waals surface area contributed by atoms with E-state index in [1.54, 1.807) is 0 Å². The lowest BCUT2D eigenvalue weighted by atomic mass is 9.87. The van der Waals surface area contributed by atoms with Crippen LogP contribution in [0.1, 0.15) is 25.3 Å². The summed E-state index contributed by atoms with van der Waals surface area (Å²) in [5.74, 6) is 1.99. The minimum atomic E-state index is 0. The van der Waals surface area contributed by atoms with Crippen molar-refractivity contribution in [3.05, 3.63) is 23.9 Å². The number of aliphatic imine (C=N–C) groups is 1. The van der Waals surface area contributed by atoms with Gasteiger partial charge in [0.25, 0.3) is 0 Å². The predicted molar refractivity (Wildman–Crippen MR) is 113 cm³/mol. The summed E-state index contributed by atoms with van der Waals surface area (Å²) in [5, 5.41) is 3.45. The van der Waals surface area contributed by atoms with Crippen LogP contribution in [-0.2, 0) is 11.3 Å². The van der Waals surface area contributed by atoms with E-state index in [1.165, 1.54) is 18.4 Å². The lowest BCUT2D eigenvalue weighted by molar-refractivity contribution is 0.156. The van der Waals surface area contributed by atoms with Gasteiger partial charge in [-0.3, -0.25) is 0 Å². The van der Waals surface area contributed by atoms with Gasteiger partial charge in [-0.05, 0) is 37.5 Å². The van der Waals surface area contributed by atoms with Crippen molar-refractivity contribution in [1.29, 1.82) is 0 Å². The summed E-state index contributed by atoms with van der Waals surface area (Å²) in [5.41, 5.74) is 1.53. The van der Waals surface area contributed by atoms with Crippen LogP contribution in [-0.4, -0.2) is 62.8 Å². The maximum Gasteiger partial charge on any atom is 0.194 e. The van der Waals surface area contributed by atoms with E-state index in [0.29, 0.717) is 12.0 Å². The molecule has 25 heavy (non-hydrogen) atoms. The number of ether oxygens (including phenoxy) is 1. The summed E-state index contributed by atoms with van der Waals surface area (Å²) in [6, 6.07) is 4.14. The Bertz CT molecular complexity index is 587. The number of hydrogen-bond donors (Lipinski definition) is 1. The first kappa shape index (κ1) is 20.2. The number of nitrogens with zero attached hydrogens (tertiary/aromatic N) is 4. The number of guanidine groups is 1. The first-order chi connectivity index (χ1) is 11.6. The number of hydrogen-bond acceptors (Lipinski definition) is 4. The fourth-order valence-corrected chi connectivity index (χ4v) is 3.48. The van der Waals surface area contributed by atoms with Crippen LogP contribution >= 0.6 is 24.0 Å². The van der Waals surface area contributed by atoms with Crippen LogP contribution in [0.25, 0.3) is 0 Å². The average Bonchev–Trinajstić information content (AvgIpc) is 3.22. The molecule has 0 amide bonds. The molecule has 1 atom stereocenters. The highest BCUT2D eigenvalue weighted by Crippen LogP contribution is 2.38. The molecule has 1 N–H and O–H groups in total. The summed E-state index contributed by atoms with van der Waals surface area (Å²) >= 11 is 0. The molecule has 1 aromatic rings. The molecule has 3 rings (SSSR count). The summed E-state index contributed by atoms with van der Waals surface area (Å²) in [7, 11) is 4.01. The van der Waals surface area contributed by atoms with Crippen molar-refractivity contribution in [3.63, 3.8) is 0 Å². The van der Waals surface area contributed by atoms with E-state index in [4.69, 9.17) is 9.73 Å². The largest absolute Gasteiger partial charge is 0.381 e. The number of nitrogens with one attached hydrogen (secondary N) is 1. The first-order valence-electron chi connectivity index (χ1n) is 8.85. The Labute approximate surface area is 168 Å². The zero-order chi connectivity index (χ0) is 17.0. The van der Waals surface area contributed by atoms with Gasteiger partial charge in [-0.25, -0.2) is 9.98 Å². The van der Waals surface area contributed by atoms with Crippen LogP contribution in [0.3, 0.4) is 0 Å². The molecule has 1 spiro atoms. The summed E-state index contributed by atoms with van der Waals surface area (Å²) in [4.78, 5) is 13.6. The number of anilines is 1. The van der Waals surface area contributed by atoms with Crippen LogP contribution in [0.15, 0.2) is 23.3 Å². The van der Waals surface area contributed by atoms with Gasteiger partial charge in [0.2, 0.25) is 0 Å². The zero-order valence-electron chi connectivity index (χ0n) is 15.5. The van der Waals surface area contributed by atoms with E-state index in [1.807, 2.05) is 31.3 Å². The van der Waals surface area contributed by atoms with Crippen molar-refractivity contribution in [2.24, 2.45) is 10.4 Å². The van der Waals surface area contributed by atoms with Gasteiger partial charge >= 0.3 is 0 Å². The smallest absolute Gasteiger partial charge is 0.194 e. The van der Waals surface area contributed by atoms with Crippen molar-refractivity contribution in [2.75, 3.05) is 51.8 Å². The molecular weight excluding hydrogens is 429 g/mol. The third-order valence-corrected chi connectivity index (χ3v) is 4.94. The highest BCUT2D eigenvalue weighted by atomic mass is 127. The normalized spacial score (nSPS) is 23.0. The van der Waals surface area contributed by atoms with Crippen molar-refractivity contribution in [3.8, 4) is 0 Å². The molecule has 7 heteroatoms. The van der Waals surface area contributed by atoms with Crippen molar-refractivity contribution in [2.45, 2.75) is 26.3 Å². The molecule has 2 fully saturated rings. The third kappa shape index (κ3) is 4.97. The van der Waals surface area contributed by atoms with Gasteiger partial charge in [0.1, 0.15) is 5.82 Å². The highest BCUT2D eigenvalue weighted by Gasteiger charge is 2.42. The van der Waals surface area contributed by atoms with Gasteiger partial charge < -0.3 is 19.9 Å². The summed E-state index contributed by atoms with van der Waals surface area (Å²) in [6.45, 7) is 7.61. The second-order valence-corrected chi connectivity index (χ2v) is 7.06. The number of aromatic nitrogens is 1. The van der Waals surface area contributed by atoms with Crippen molar-refractivity contribution >= 4 is 35.8 Å². The SMILES string of the molecule is CCNC(=NCc1ccnc(N(C)C)c1)N1CCC2(CCOC2)C1.I. The molecular formula is C18H30IN5O. The molecule has 2 aliphatic rings. The van der Waals surface area contributed by atoms with E-state index in [9.17, 15) is 0 Å². The number of likely N-dealkylation sites (tertiary alicyclic amines) is 1. The van der Waals surface area contributed by atoms with E-state index in [2.05, 4.69) is 28.2 Å². The number of rotatable bonds is 4. The lowest BCUT2D eigenvalue weighted by Gasteiger charge is -2.25. The standard InChI is InChI=1S/C18H29N5O.HI/c1-4-19-17(23-9-6-18(13-23)7-10-24-14-18)21-12-15-5-8-20-16(11-15)22(2)3;/h5,8,11H,4,6-7,9-10,12-14H2,1-3H3,(H,19,21);1H. The molecule has 0 radical (unpaired) electrons. The van der Waals surface area contributed by atoms with Gasteiger partial charge in [0.15, 0.2) is 5.96 Å². The van der Waals surface area contributed by atoms with Crippen LogP contribution in [0, 0.1) is 5.41 Å². The number of halogens is 1. The fraction of sp³-hybridized carbons (Fsp3) is 0.667.